The van der Waals surface area contributed by atoms with Gasteiger partial charge in [-0.1, -0.05) is 6.07 Å². The molecule has 2 aliphatic rings. The average Bonchev–Trinajstić information content (AvgIpc) is 3.29. The molecule has 4 nitrogen and oxygen atoms in total. The van der Waals surface area contributed by atoms with Gasteiger partial charge in [0.25, 0.3) is 5.91 Å². The molecule has 1 amide bonds. The van der Waals surface area contributed by atoms with Crippen molar-refractivity contribution in [3.63, 3.8) is 0 Å². The molecule has 138 valence electrons. The number of likely N-dealkylation sites (tertiary alicyclic amines) is 1. The molecule has 4 rings (SSSR count). The van der Waals surface area contributed by atoms with Crippen LogP contribution in [0, 0.1) is 0 Å². The van der Waals surface area contributed by atoms with Gasteiger partial charge in [-0.3, -0.25) is 4.79 Å². The number of benzene rings is 1. The molecule has 1 aliphatic heterocycles. The van der Waals surface area contributed by atoms with E-state index >= 15 is 0 Å². The van der Waals surface area contributed by atoms with Crippen molar-refractivity contribution in [3.8, 4) is 5.69 Å². The Balaban J connectivity index is 1.79. The Labute approximate surface area is 149 Å². The zero-order valence-corrected chi connectivity index (χ0v) is 14.4. The average molecular weight is 363 g/mol. The Morgan fingerprint density at radius 2 is 1.77 bits per heavy atom. The zero-order valence-electron chi connectivity index (χ0n) is 14.4. The van der Waals surface area contributed by atoms with E-state index in [2.05, 4.69) is 5.10 Å². The molecule has 0 saturated carbocycles. The van der Waals surface area contributed by atoms with Crippen LogP contribution in [0.15, 0.2) is 24.3 Å². The van der Waals surface area contributed by atoms with Gasteiger partial charge in [-0.2, -0.15) is 18.3 Å². The van der Waals surface area contributed by atoms with Crippen molar-refractivity contribution < 1.29 is 18.0 Å². The van der Waals surface area contributed by atoms with Crippen LogP contribution in [0.1, 0.15) is 53.0 Å². The van der Waals surface area contributed by atoms with Crippen molar-refractivity contribution in [1.82, 2.24) is 14.7 Å². The van der Waals surface area contributed by atoms with E-state index in [1.807, 2.05) is 0 Å². The maximum atomic E-state index is 13.1. The Kier molecular flexibility index (Phi) is 4.25. The molecule has 1 fully saturated rings. The first-order valence-electron chi connectivity index (χ1n) is 9.03. The van der Waals surface area contributed by atoms with E-state index in [0.29, 0.717) is 11.4 Å². The monoisotopic (exact) mass is 363 g/mol. The van der Waals surface area contributed by atoms with Crippen molar-refractivity contribution in [1.29, 1.82) is 0 Å². The third-order valence-corrected chi connectivity index (χ3v) is 5.19. The zero-order chi connectivity index (χ0) is 18.3. The first kappa shape index (κ1) is 17.1. The first-order chi connectivity index (χ1) is 12.4. The van der Waals surface area contributed by atoms with Crippen molar-refractivity contribution in [2.75, 3.05) is 13.1 Å². The lowest BCUT2D eigenvalue weighted by molar-refractivity contribution is -0.137. The lowest BCUT2D eigenvalue weighted by Gasteiger charge is -2.16. The normalized spacial score (nSPS) is 17.4. The van der Waals surface area contributed by atoms with Crippen molar-refractivity contribution in [3.05, 3.63) is 46.8 Å². The summed E-state index contributed by atoms with van der Waals surface area (Å²) in [6.07, 6.45) is 0.980. The lowest BCUT2D eigenvalue weighted by atomic mass is 9.95. The van der Waals surface area contributed by atoms with Gasteiger partial charge < -0.3 is 4.90 Å². The number of nitrogens with zero attached hydrogens (tertiary/aromatic N) is 3. The summed E-state index contributed by atoms with van der Waals surface area (Å²) in [7, 11) is 0. The van der Waals surface area contributed by atoms with Crippen LogP contribution in [0.25, 0.3) is 5.69 Å². The summed E-state index contributed by atoms with van der Waals surface area (Å²) in [5, 5.41) is 4.49. The van der Waals surface area contributed by atoms with E-state index in [9.17, 15) is 18.0 Å². The number of rotatable bonds is 2. The minimum absolute atomic E-state index is 0.0913. The number of fused-ring (bicyclic) bond motifs is 1. The van der Waals surface area contributed by atoms with Gasteiger partial charge in [-0.15, -0.1) is 0 Å². The standard InChI is InChI=1S/C19H20F3N3O/c20-19(21,22)13-6-5-7-14(12-13)25-16-9-2-1-8-15(16)17(23-25)18(26)24-10-3-4-11-24/h5-7,12H,1-4,8-11H2. The second kappa shape index (κ2) is 6.45. The number of amides is 1. The molecule has 0 atom stereocenters. The minimum atomic E-state index is -4.41. The fraction of sp³-hybridized carbons (Fsp3) is 0.474. The maximum Gasteiger partial charge on any atom is 0.416 e. The summed E-state index contributed by atoms with van der Waals surface area (Å²) in [5.41, 5.74) is 1.85. The number of carbonyl (C=O) groups is 1. The van der Waals surface area contributed by atoms with Crippen molar-refractivity contribution in [2.24, 2.45) is 0 Å². The molecule has 0 unspecified atom stereocenters. The van der Waals surface area contributed by atoms with Crippen molar-refractivity contribution >= 4 is 5.91 Å². The van der Waals surface area contributed by atoms with Crippen LogP contribution in [0.4, 0.5) is 13.2 Å². The van der Waals surface area contributed by atoms with E-state index in [-0.39, 0.29) is 5.91 Å². The number of alkyl halides is 3. The molecule has 1 aromatic heterocycles. The molecule has 7 heteroatoms. The number of aromatic nitrogens is 2. The Morgan fingerprint density at radius 3 is 2.50 bits per heavy atom. The van der Waals surface area contributed by atoms with Crippen LogP contribution < -0.4 is 0 Å². The molecular formula is C19H20F3N3O. The summed E-state index contributed by atoms with van der Waals surface area (Å²) in [4.78, 5) is 14.7. The Morgan fingerprint density at radius 1 is 1.04 bits per heavy atom. The molecule has 1 aliphatic carbocycles. The highest BCUT2D eigenvalue weighted by atomic mass is 19.4. The largest absolute Gasteiger partial charge is 0.416 e. The van der Waals surface area contributed by atoms with Gasteiger partial charge in [0.1, 0.15) is 0 Å². The molecule has 0 spiro atoms. The Hall–Kier alpha value is -2.31. The SMILES string of the molecule is O=C(c1nn(-c2cccc(C(F)(F)F)c2)c2c1CCCC2)N1CCCC1. The predicted molar refractivity (Wildman–Crippen MR) is 90.3 cm³/mol. The third kappa shape index (κ3) is 2.99. The molecule has 0 bridgehead atoms. The highest BCUT2D eigenvalue weighted by molar-refractivity contribution is 5.94. The topological polar surface area (TPSA) is 38.1 Å². The van der Waals surface area contributed by atoms with Crippen LogP contribution in [0.2, 0.25) is 0 Å². The first-order valence-corrected chi connectivity index (χ1v) is 9.03. The summed E-state index contributed by atoms with van der Waals surface area (Å²) in [6.45, 7) is 1.45. The van der Waals surface area contributed by atoms with Gasteiger partial charge in [0.05, 0.1) is 11.3 Å². The van der Waals surface area contributed by atoms with Gasteiger partial charge in [0.15, 0.2) is 5.69 Å². The summed E-state index contributed by atoms with van der Waals surface area (Å²) in [6, 6.07) is 5.15. The smallest absolute Gasteiger partial charge is 0.337 e. The van der Waals surface area contributed by atoms with E-state index in [1.54, 1.807) is 15.6 Å². The number of hydrogen-bond acceptors (Lipinski definition) is 2. The van der Waals surface area contributed by atoms with Crippen LogP contribution in [0.3, 0.4) is 0 Å². The van der Waals surface area contributed by atoms with Crippen LogP contribution in [0.5, 0.6) is 0 Å². The van der Waals surface area contributed by atoms with E-state index in [1.165, 1.54) is 6.07 Å². The van der Waals surface area contributed by atoms with E-state index < -0.39 is 11.7 Å². The molecule has 26 heavy (non-hydrogen) atoms. The van der Waals surface area contributed by atoms with E-state index in [4.69, 9.17) is 0 Å². The fourth-order valence-corrected chi connectivity index (χ4v) is 3.87. The third-order valence-electron chi connectivity index (χ3n) is 5.19. The molecule has 2 aromatic rings. The van der Waals surface area contributed by atoms with Gasteiger partial charge in [0, 0.05) is 24.3 Å². The van der Waals surface area contributed by atoms with Crippen LogP contribution in [-0.4, -0.2) is 33.7 Å². The molecule has 1 aromatic carbocycles. The Bertz CT molecular complexity index is 835. The highest BCUT2D eigenvalue weighted by Crippen LogP contribution is 2.32. The quantitative estimate of drug-likeness (QED) is 0.809. The molecule has 0 radical (unpaired) electrons. The molecule has 1 saturated heterocycles. The number of halogens is 3. The second-order valence-corrected chi connectivity index (χ2v) is 6.94. The van der Waals surface area contributed by atoms with Gasteiger partial charge in [-0.25, -0.2) is 4.68 Å². The highest BCUT2D eigenvalue weighted by Gasteiger charge is 2.32. The second-order valence-electron chi connectivity index (χ2n) is 6.94. The lowest BCUT2D eigenvalue weighted by Crippen LogP contribution is -2.29. The van der Waals surface area contributed by atoms with Gasteiger partial charge in [-0.05, 0) is 56.7 Å². The molecular weight excluding hydrogens is 343 g/mol. The number of hydrogen-bond donors (Lipinski definition) is 0. The fourth-order valence-electron chi connectivity index (χ4n) is 3.87. The minimum Gasteiger partial charge on any atom is -0.337 e. The molecule has 2 heterocycles. The summed E-state index contributed by atoms with van der Waals surface area (Å²) >= 11 is 0. The van der Waals surface area contributed by atoms with Gasteiger partial charge >= 0.3 is 6.18 Å². The van der Waals surface area contributed by atoms with Crippen LogP contribution >= 0.6 is 0 Å². The van der Waals surface area contributed by atoms with E-state index in [0.717, 1.165) is 75.0 Å². The number of carbonyl (C=O) groups excluding carboxylic acids is 1. The van der Waals surface area contributed by atoms with Gasteiger partial charge in [0.2, 0.25) is 0 Å². The summed E-state index contributed by atoms with van der Waals surface area (Å²) in [5.74, 6) is -0.0913. The molecule has 0 N–H and O–H groups in total. The summed E-state index contributed by atoms with van der Waals surface area (Å²) < 4.78 is 40.8. The predicted octanol–water partition coefficient (Wildman–Crippen LogP) is 4.01. The van der Waals surface area contributed by atoms with Crippen molar-refractivity contribution in [2.45, 2.75) is 44.7 Å². The maximum absolute atomic E-state index is 13.1. The van der Waals surface area contributed by atoms with Crippen LogP contribution in [-0.2, 0) is 19.0 Å².